The molecule has 2 N–H and O–H groups in total. The second-order valence-electron chi connectivity index (χ2n) is 3.27. The van der Waals surface area contributed by atoms with Gasteiger partial charge in [-0.1, -0.05) is 23.4 Å². The summed E-state index contributed by atoms with van der Waals surface area (Å²) in [6, 6.07) is 7.34. The van der Waals surface area contributed by atoms with E-state index in [1.165, 1.54) is 0 Å². The Balaban J connectivity index is 2.07. The first-order valence-corrected chi connectivity index (χ1v) is 6.96. The standard InChI is InChI=1S/C11H9BrClN3S/c12-7-1-4-11(15-5-7)17-6-9-8(13)2-3-10(14)16-9/h1-5H,6H2,(H2,14,16). The Bertz CT molecular complexity index is 519. The van der Waals surface area contributed by atoms with E-state index in [-0.39, 0.29) is 0 Å². The van der Waals surface area contributed by atoms with Gasteiger partial charge in [-0.05, 0) is 40.2 Å². The van der Waals surface area contributed by atoms with Gasteiger partial charge in [0.05, 0.1) is 15.7 Å². The summed E-state index contributed by atoms with van der Waals surface area (Å²) in [6.07, 6.45) is 1.76. The number of rotatable bonds is 3. The van der Waals surface area contributed by atoms with Crippen LogP contribution in [0.15, 0.2) is 40.0 Å². The number of anilines is 1. The molecule has 2 rings (SSSR count). The van der Waals surface area contributed by atoms with Crippen molar-refractivity contribution >= 4 is 45.1 Å². The number of pyridine rings is 2. The van der Waals surface area contributed by atoms with Gasteiger partial charge in [-0.25, -0.2) is 9.97 Å². The number of thioether (sulfide) groups is 1. The molecule has 88 valence electrons. The Morgan fingerprint density at radius 3 is 2.82 bits per heavy atom. The van der Waals surface area contributed by atoms with Gasteiger partial charge < -0.3 is 5.73 Å². The topological polar surface area (TPSA) is 51.8 Å². The van der Waals surface area contributed by atoms with E-state index in [1.807, 2.05) is 12.1 Å². The maximum Gasteiger partial charge on any atom is 0.123 e. The Kier molecular flexibility index (Phi) is 4.25. The average molecular weight is 331 g/mol. The molecule has 2 aromatic rings. The van der Waals surface area contributed by atoms with Crippen LogP contribution in [-0.2, 0) is 5.75 Å². The predicted molar refractivity (Wildman–Crippen MR) is 75.2 cm³/mol. The molecule has 0 aliphatic rings. The molecule has 0 atom stereocenters. The van der Waals surface area contributed by atoms with Gasteiger partial charge in [0, 0.05) is 16.4 Å². The molecule has 0 fully saturated rings. The summed E-state index contributed by atoms with van der Waals surface area (Å²) in [4.78, 5) is 8.45. The van der Waals surface area contributed by atoms with E-state index in [9.17, 15) is 0 Å². The van der Waals surface area contributed by atoms with Crippen molar-refractivity contribution in [3.63, 3.8) is 0 Å². The van der Waals surface area contributed by atoms with Crippen LogP contribution in [0, 0.1) is 0 Å². The van der Waals surface area contributed by atoms with E-state index in [4.69, 9.17) is 17.3 Å². The second-order valence-corrected chi connectivity index (χ2v) is 5.59. The first-order valence-electron chi connectivity index (χ1n) is 4.80. The van der Waals surface area contributed by atoms with Gasteiger partial charge in [-0.15, -0.1) is 0 Å². The fourth-order valence-corrected chi connectivity index (χ4v) is 2.47. The Morgan fingerprint density at radius 1 is 1.29 bits per heavy atom. The lowest BCUT2D eigenvalue weighted by molar-refractivity contribution is 1.11. The van der Waals surface area contributed by atoms with Crippen molar-refractivity contribution in [2.45, 2.75) is 10.8 Å². The predicted octanol–water partition coefficient (Wildman–Crippen LogP) is 3.77. The minimum Gasteiger partial charge on any atom is -0.384 e. The van der Waals surface area contributed by atoms with Crippen molar-refractivity contribution < 1.29 is 0 Å². The largest absolute Gasteiger partial charge is 0.384 e. The van der Waals surface area contributed by atoms with Crippen LogP contribution in [0.3, 0.4) is 0 Å². The van der Waals surface area contributed by atoms with Crippen molar-refractivity contribution in [3.8, 4) is 0 Å². The summed E-state index contributed by atoms with van der Waals surface area (Å²) in [5, 5.41) is 1.55. The van der Waals surface area contributed by atoms with Gasteiger partial charge in [0.15, 0.2) is 0 Å². The normalized spacial score (nSPS) is 10.5. The van der Waals surface area contributed by atoms with Crippen LogP contribution in [0.1, 0.15) is 5.69 Å². The van der Waals surface area contributed by atoms with Crippen molar-refractivity contribution in [1.29, 1.82) is 0 Å². The summed E-state index contributed by atoms with van der Waals surface area (Å²) in [7, 11) is 0. The van der Waals surface area contributed by atoms with Crippen LogP contribution >= 0.6 is 39.3 Å². The van der Waals surface area contributed by atoms with Gasteiger partial charge in [-0.3, -0.25) is 0 Å². The smallest absolute Gasteiger partial charge is 0.123 e. The van der Waals surface area contributed by atoms with Crippen molar-refractivity contribution in [2.24, 2.45) is 0 Å². The van der Waals surface area contributed by atoms with Crippen LogP contribution in [0.4, 0.5) is 5.82 Å². The highest BCUT2D eigenvalue weighted by atomic mass is 79.9. The number of aromatic nitrogens is 2. The Morgan fingerprint density at radius 2 is 2.12 bits per heavy atom. The first-order chi connectivity index (χ1) is 8.15. The minimum atomic E-state index is 0.480. The highest BCUT2D eigenvalue weighted by molar-refractivity contribution is 9.10. The van der Waals surface area contributed by atoms with Gasteiger partial charge in [0.2, 0.25) is 0 Å². The van der Waals surface area contributed by atoms with Crippen LogP contribution in [0.25, 0.3) is 0 Å². The van der Waals surface area contributed by atoms with Crippen LogP contribution in [0.2, 0.25) is 5.02 Å². The molecule has 2 heterocycles. The maximum atomic E-state index is 6.03. The zero-order valence-electron chi connectivity index (χ0n) is 8.73. The number of nitrogen functional groups attached to an aromatic ring is 1. The van der Waals surface area contributed by atoms with Crippen molar-refractivity contribution in [1.82, 2.24) is 9.97 Å². The van der Waals surface area contributed by atoms with Gasteiger partial charge in [0.1, 0.15) is 5.82 Å². The third-order valence-corrected chi connectivity index (χ3v) is 3.77. The molecule has 0 aromatic carbocycles. The molecule has 3 nitrogen and oxygen atoms in total. The Labute approximate surface area is 117 Å². The fourth-order valence-electron chi connectivity index (χ4n) is 1.19. The molecule has 0 unspecified atom stereocenters. The highest BCUT2D eigenvalue weighted by Gasteiger charge is 2.04. The molecular formula is C11H9BrClN3S. The van der Waals surface area contributed by atoms with E-state index in [0.717, 1.165) is 15.2 Å². The third-order valence-electron chi connectivity index (χ3n) is 2.00. The first kappa shape index (κ1) is 12.7. The van der Waals surface area contributed by atoms with Crippen LogP contribution in [0.5, 0.6) is 0 Å². The van der Waals surface area contributed by atoms with Crippen LogP contribution < -0.4 is 5.73 Å². The fraction of sp³-hybridized carbons (Fsp3) is 0.0909. The molecule has 0 spiro atoms. The zero-order chi connectivity index (χ0) is 12.3. The molecule has 0 bridgehead atoms. The third kappa shape index (κ3) is 3.59. The zero-order valence-corrected chi connectivity index (χ0v) is 11.9. The monoisotopic (exact) mass is 329 g/mol. The van der Waals surface area contributed by atoms with E-state index >= 15 is 0 Å². The summed E-state index contributed by atoms with van der Waals surface area (Å²) >= 11 is 10.9. The molecule has 0 saturated heterocycles. The molecule has 17 heavy (non-hydrogen) atoms. The maximum absolute atomic E-state index is 6.03. The summed E-state index contributed by atoms with van der Waals surface area (Å²) in [5.41, 5.74) is 6.39. The molecule has 0 aliphatic heterocycles. The molecule has 0 aliphatic carbocycles. The molecule has 0 radical (unpaired) electrons. The van der Waals surface area contributed by atoms with Gasteiger partial charge >= 0.3 is 0 Å². The average Bonchev–Trinajstić information content (AvgIpc) is 2.32. The van der Waals surface area contributed by atoms with Crippen molar-refractivity contribution in [3.05, 3.63) is 45.7 Å². The molecule has 0 amide bonds. The lowest BCUT2D eigenvalue weighted by Crippen LogP contribution is -1.95. The molecular weight excluding hydrogens is 322 g/mol. The number of nitrogens with zero attached hydrogens (tertiary/aromatic N) is 2. The summed E-state index contributed by atoms with van der Waals surface area (Å²) in [5.74, 6) is 1.13. The lowest BCUT2D eigenvalue weighted by Gasteiger charge is -2.04. The number of halogens is 2. The van der Waals surface area contributed by atoms with Gasteiger partial charge in [0.25, 0.3) is 0 Å². The summed E-state index contributed by atoms with van der Waals surface area (Å²) < 4.78 is 0.960. The van der Waals surface area contributed by atoms with Crippen molar-refractivity contribution in [2.75, 3.05) is 5.73 Å². The summed E-state index contributed by atoms with van der Waals surface area (Å²) in [6.45, 7) is 0. The van der Waals surface area contributed by atoms with E-state index in [0.29, 0.717) is 16.6 Å². The Hall–Kier alpha value is -0.780. The quantitative estimate of drug-likeness (QED) is 0.870. The molecule has 2 aromatic heterocycles. The molecule has 0 saturated carbocycles. The number of nitrogens with two attached hydrogens (primary N) is 1. The number of hydrogen-bond acceptors (Lipinski definition) is 4. The second kappa shape index (κ2) is 5.71. The van der Waals surface area contributed by atoms with E-state index in [2.05, 4.69) is 25.9 Å². The lowest BCUT2D eigenvalue weighted by atomic mass is 10.4. The van der Waals surface area contributed by atoms with Crippen LogP contribution in [-0.4, -0.2) is 9.97 Å². The van der Waals surface area contributed by atoms with Gasteiger partial charge in [-0.2, -0.15) is 0 Å². The number of hydrogen-bond donors (Lipinski definition) is 1. The SMILES string of the molecule is Nc1ccc(Cl)c(CSc2ccc(Br)cn2)n1. The van der Waals surface area contributed by atoms with E-state index < -0.39 is 0 Å². The minimum absolute atomic E-state index is 0.480. The highest BCUT2D eigenvalue weighted by Crippen LogP contribution is 2.25. The molecule has 6 heteroatoms. The van der Waals surface area contributed by atoms with E-state index in [1.54, 1.807) is 30.1 Å².